The van der Waals surface area contributed by atoms with E-state index >= 15 is 0 Å². The first-order valence-corrected chi connectivity index (χ1v) is 7.99. The Kier molecular flexibility index (Phi) is 4.69. The molecule has 0 radical (unpaired) electrons. The first-order chi connectivity index (χ1) is 11.2. The fourth-order valence-electron chi connectivity index (χ4n) is 3.00. The number of nitrogens with one attached hydrogen (secondary N) is 1. The molecule has 0 spiro atoms. The van der Waals surface area contributed by atoms with Crippen LogP contribution in [-0.2, 0) is 0 Å². The van der Waals surface area contributed by atoms with Crippen molar-refractivity contribution < 1.29 is 8.78 Å². The van der Waals surface area contributed by atoms with Crippen LogP contribution in [0.5, 0.6) is 0 Å². The predicted octanol–water partition coefficient (Wildman–Crippen LogP) is 4.27. The second-order valence-corrected chi connectivity index (χ2v) is 5.74. The summed E-state index contributed by atoms with van der Waals surface area (Å²) in [6.07, 6.45) is 6.35. The molecule has 1 fully saturated rings. The quantitative estimate of drug-likeness (QED) is 0.914. The van der Waals surface area contributed by atoms with Crippen molar-refractivity contribution in [3.05, 3.63) is 42.1 Å². The highest BCUT2D eigenvalue weighted by Gasteiger charge is 2.22. The van der Waals surface area contributed by atoms with Gasteiger partial charge in [-0.25, -0.2) is 13.8 Å². The summed E-state index contributed by atoms with van der Waals surface area (Å²) < 4.78 is 26.3. The Labute approximate surface area is 134 Å². The lowest BCUT2D eigenvalue weighted by Gasteiger charge is -2.36. The minimum absolute atomic E-state index is 0.383. The smallest absolute Gasteiger partial charge is 0.229 e. The van der Waals surface area contributed by atoms with Crippen LogP contribution in [0.2, 0.25) is 0 Å². The maximum Gasteiger partial charge on any atom is 0.229 e. The Hall–Kier alpha value is -2.24. The zero-order valence-corrected chi connectivity index (χ0v) is 13.1. The fraction of sp³-hybridized carbons (Fsp3) is 0.412. The van der Waals surface area contributed by atoms with Crippen molar-refractivity contribution in [2.24, 2.45) is 0 Å². The number of aromatic nitrogens is 2. The molecule has 0 amide bonds. The highest BCUT2D eigenvalue weighted by atomic mass is 19.2. The van der Waals surface area contributed by atoms with Crippen molar-refractivity contribution in [2.75, 3.05) is 16.8 Å². The fourth-order valence-corrected chi connectivity index (χ4v) is 3.00. The lowest BCUT2D eigenvalue weighted by molar-refractivity contribution is 0.447. The minimum atomic E-state index is -0.895. The van der Waals surface area contributed by atoms with Crippen LogP contribution in [0.1, 0.15) is 32.6 Å². The molecule has 122 valence electrons. The van der Waals surface area contributed by atoms with Gasteiger partial charge in [0, 0.05) is 30.5 Å². The number of halogens is 2. The molecule has 1 aliphatic heterocycles. The largest absolute Gasteiger partial charge is 0.353 e. The summed E-state index contributed by atoms with van der Waals surface area (Å²) in [5.41, 5.74) is 0.423. The van der Waals surface area contributed by atoms with Crippen LogP contribution in [0.25, 0.3) is 0 Å². The Morgan fingerprint density at radius 2 is 2.09 bits per heavy atom. The van der Waals surface area contributed by atoms with E-state index in [-0.39, 0.29) is 0 Å². The van der Waals surface area contributed by atoms with E-state index in [9.17, 15) is 8.78 Å². The van der Waals surface area contributed by atoms with Gasteiger partial charge in [0.15, 0.2) is 11.6 Å². The van der Waals surface area contributed by atoms with Crippen LogP contribution >= 0.6 is 0 Å². The molecule has 1 saturated heterocycles. The highest BCUT2D eigenvalue weighted by Crippen LogP contribution is 2.26. The third-order valence-corrected chi connectivity index (χ3v) is 4.21. The Morgan fingerprint density at radius 3 is 2.87 bits per heavy atom. The van der Waals surface area contributed by atoms with E-state index in [4.69, 9.17) is 0 Å². The van der Waals surface area contributed by atoms with Crippen molar-refractivity contribution >= 4 is 17.5 Å². The van der Waals surface area contributed by atoms with Gasteiger partial charge in [0.05, 0.1) is 0 Å². The molecular formula is C17H20F2N4. The minimum Gasteiger partial charge on any atom is -0.353 e. The van der Waals surface area contributed by atoms with Crippen LogP contribution in [0.15, 0.2) is 30.5 Å². The van der Waals surface area contributed by atoms with E-state index < -0.39 is 11.6 Å². The van der Waals surface area contributed by atoms with E-state index in [1.165, 1.54) is 18.9 Å². The normalized spacial score (nSPS) is 18.0. The average Bonchev–Trinajstić information content (AvgIpc) is 2.58. The molecule has 0 saturated carbocycles. The van der Waals surface area contributed by atoms with Crippen LogP contribution in [0.4, 0.5) is 26.2 Å². The van der Waals surface area contributed by atoms with E-state index in [1.54, 1.807) is 6.20 Å². The van der Waals surface area contributed by atoms with Crippen molar-refractivity contribution in [2.45, 2.75) is 38.6 Å². The second kappa shape index (κ2) is 6.89. The highest BCUT2D eigenvalue weighted by molar-refractivity contribution is 5.55. The molecule has 2 aromatic rings. The first-order valence-electron chi connectivity index (χ1n) is 7.99. The van der Waals surface area contributed by atoms with Crippen molar-refractivity contribution in [1.29, 1.82) is 0 Å². The van der Waals surface area contributed by atoms with Crippen LogP contribution in [0, 0.1) is 11.6 Å². The van der Waals surface area contributed by atoms with Gasteiger partial charge in [-0.15, -0.1) is 0 Å². The summed E-state index contributed by atoms with van der Waals surface area (Å²) in [4.78, 5) is 11.0. The number of benzene rings is 1. The van der Waals surface area contributed by atoms with Crippen LogP contribution in [-0.4, -0.2) is 22.6 Å². The summed E-state index contributed by atoms with van der Waals surface area (Å²) in [6.45, 7) is 3.17. The van der Waals surface area contributed by atoms with Gasteiger partial charge >= 0.3 is 0 Å². The summed E-state index contributed by atoms with van der Waals surface area (Å²) in [6, 6.07) is 6.03. The number of hydrogen-bond donors (Lipinski definition) is 1. The Bertz CT molecular complexity index is 677. The van der Waals surface area contributed by atoms with Gasteiger partial charge in [-0.1, -0.05) is 6.92 Å². The van der Waals surface area contributed by atoms with E-state index in [2.05, 4.69) is 27.1 Å². The van der Waals surface area contributed by atoms with Gasteiger partial charge in [0.1, 0.15) is 5.82 Å². The molecule has 1 aromatic heterocycles. The van der Waals surface area contributed by atoms with Gasteiger partial charge in [0.25, 0.3) is 0 Å². The molecule has 1 atom stereocenters. The Balaban J connectivity index is 1.80. The maximum absolute atomic E-state index is 13.3. The summed E-state index contributed by atoms with van der Waals surface area (Å²) in [5.74, 6) is -0.511. The van der Waals surface area contributed by atoms with Crippen LogP contribution < -0.4 is 10.2 Å². The third-order valence-electron chi connectivity index (χ3n) is 4.21. The standard InChI is InChI=1S/C17H20F2N4/c1-2-13-5-3-4-10-23(13)16-8-9-20-17(22-16)21-12-6-7-14(18)15(19)11-12/h6-9,11,13H,2-5,10H2,1H3,(H,20,21,22). The molecule has 2 heterocycles. The summed E-state index contributed by atoms with van der Waals surface area (Å²) >= 11 is 0. The Morgan fingerprint density at radius 1 is 1.22 bits per heavy atom. The third kappa shape index (κ3) is 3.57. The summed E-state index contributed by atoms with van der Waals surface area (Å²) in [7, 11) is 0. The SMILES string of the molecule is CCC1CCCCN1c1ccnc(Nc2ccc(F)c(F)c2)n1. The first kappa shape index (κ1) is 15.6. The van der Waals surface area contributed by atoms with Gasteiger partial charge < -0.3 is 10.2 Å². The van der Waals surface area contributed by atoms with Crippen molar-refractivity contribution in [3.63, 3.8) is 0 Å². The predicted molar refractivity (Wildman–Crippen MR) is 86.9 cm³/mol. The molecule has 0 bridgehead atoms. The molecule has 0 aliphatic carbocycles. The number of anilines is 3. The number of nitrogens with zero attached hydrogens (tertiary/aromatic N) is 3. The van der Waals surface area contributed by atoms with Crippen molar-refractivity contribution in [3.8, 4) is 0 Å². The van der Waals surface area contributed by atoms with Gasteiger partial charge in [-0.2, -0.15) is 4.98 Å². The van der Waals surface area contributed by atoms with Crippen molar-refractivity contribution in [1.82, 2.24) is 9.97 Å². The topological polar surface area (TPSA) is 41.1 Å². The molecule has 4 nitrogen and oxygen atoms in total. The molecule has 23 heavy (non-hydrogen) atoms. The average molecular weight is 318 g/mol. The monoisotopic (exact) mass is 318 g/mol. The number of piperidine rings is 1. The van der Waals surface area contributed by atoms with E-state index in [1.807, 2.05) is 6.07 Å². The second-order valence-electron chi connectivity index (χ2n) is 5.74. The zero-order valence-electron chi connectivity index (χ0n) is 13.1. The zero-order chi connectivity index (χ0) is 16.2. The van der Waals surface area contributed by atoms with Gasteiger partial charge in [-0.3, -0.25) is 0 Å². The van der Waals surface area contributed by atoms with Gasteiger partial charge in [0.2, 0.25) is 5.95 Å². The molecule has 1 aliphatic rings. The molecule has 6 heteroatoms. The lowest BCUT2D eigenvalue weighted by atomic mass is 10.0. The molecule has 3 rings (SSSR count). The molecular weight excluding hydrogens is 298 g/mol. The summed E-state index contributed by atoms with van der Waals surface area (Å²) in [5, 5.41) is 2.93. The van der Waals surface area contributed by atoms with Crippen LogP contribution in [0.3, 0.4) is 0 Å². The molecule has 1 N–H and O–H groups in total. The number of rotatable bonds is 4. The molecule has 1 unspecified atom stereocenters. The van der Waals surface area contributed by atoms with Gasteiger partial charge in [-0.05, 0) is 43.9 Å². The molecule has 1 aromatic carbocycles. The number of hydrogen-bond acceptors (Lipinski definition) is 4. The van der Waals surface area contributed by atoms with E-state index in [0.717, 1.165) is 37.3 Å². The van der Waals surface area contributed by atoms with E-state index in [0.29, 0.717) is 17.7 Å². The maximum atomic E-state index is 13.3. The lowest BCUT2D eigenvalue weighted by Crippen LogP contribution is -2.39.